The van der Waals surface area contributed by atoms with Gasteiger partial charge in [0.05, 0.1) is 6.42 Å². The Labute approximate surface area is 108 Å². The van der Waals surface area contributed by atoms with Gasteiger partial charge in [0.25, 0.3) is 10.2 Å². The molecule has 8 heteroatoms. The molecule has 0 aromatic rings. The van der Waals surface area contributed by atoms with Crippen LogP contribution in [0.5, 0.6) is 0 Å². The van der Waals surface area contributed by atoms with Crippen molar-refractivity contribution in [1.29, 1.82) is 0 Å². The Hall–Kier alpha value is -0.700. The van der Waals surface area contributed by atoms with Crippen LogP contribution >= 0.6 is 0 Å². The normalized spacial score (nSPS) is 17.4. The Morgan fingerprint density at radius 2 is 2.00 bits per heavy atom. The average Bonchev–Trinajstić information content (AvgIpc) is 2.78. The first kappa shape index (κ1) is 15.4. The molecule has 1 heterocycles. The van der Waals surface area contributed by atoms with E-state index in [1.165, 1.54) is 19.9 Å². The summed E-state index contributed by atoms with van der Waals surface area (Å²) >= 11 is 0. The highest BCUT2D eigenvalue weighted by Crippen LogP contribution is 2.05. The standard InChI is InChI=1S/C10H21N3O4S/c1-12(8-4-10(14)15)18(16,17)11-5-9-13-6-2-3-7-13/h11H,2-9H2,1H3,(H,14,15). The predicted octanol–water partition coefficient (Wildman–Crippen LogP) is -0.677. The summed E-state index contributed by atoms with van der Waals surface area (Å²) in [5.74, 6) is -1.01. The Morgan fingerprint density at radius 3 is 2.56 bits per heavy atom. The number of hydrogen-bond acceptors (Lipinski definition) is 4. The molecule has 7 nitrogen and oxygen atoms in total. The van der Waals surface area contributed by atoms with Gasteiger partial charge in [-0.05, 0) is 25.9 Å². The Bertz CT molecular complexity index is 365. The maximum atomic E-state index is 11.7. The van der Waals surface area contributed by atoms with Crippen LogP contribution in [0.25, 0.3) is 0 Å². The van der Waals surface area contributed by atoms with E-state index in [4.69, 9.17) is 5.11 Å². The first-order valence-electron chi connectivity index (χ1n) is 6.07. The molecule has 1 saturated heterocycles. The number of hydrogen-bond donors (Lipinski definition) is 2. The smallest absolute Gasteiger partial charge is 0.304 e. The number of nitrogens with one attached hydrogen (secondary N) is 1. The third-order valence-corrected chi connectivity index (χ3v) is 4.53. The van der Waals surface area contributed by atoms with Crippen molar-refractivity contribution >= 4 is 16.2 Å². The molecule has 106 valence electrons. The maximum Gasteiger partial charge on any atom is 0.304 e. The molecule has 0 saturated carbocycles. The summed E-state index contributed by atoms with van der Waals surface area (Å²) in [6.45, 7) is 3.09. The molecule has 0 aromatic carbocycles. The van der Waals surface area contributed by atoms with E-state index < -0.39 is 16.2 Å². The highest BCUT2D eigenvalue weighted by Gasteiger charge is 2.18. The fourth-order valence-electron chi connectivity index (χ4n) is 1.82. The Kier molecular flexibility index (Phi) is 6.00. The number of aliphatic carboxylic acids is 1. The monoisotopic (exact) mass is 279 g/mol. The van der Waals surface area contributed by atoms with Crippen molar-refractivity contribution in [2.75, 3.05) is 39.8 Å². The van der Waals surface area contributed by atoms with Crippen LogP contribution in [0.2, 0.25) is 0 Å². The lowest BCUT2D eigenvalue weighted by atomic mass is 10.4. The Morgan fingerprint density at radius 1 is 1.39 bits per heavy atom. The molecule has 1 aliphatic heterocycles. The van der Waals surface area contributed by atoms with Crippen LogP contribution in [-0.2, 0) is 15.0 Å². The molecule has 0 amide bonds. The molecule has 0 aliphatic carbocycles. The van der Waals surface area contributed by atoms with E-state index in [0.717, 1.165) is 17.4 Å². The molecule has 18 heavy (non-hydrogen) atoms. The molecule has 1 fully saturated rings. The number of carboxylic acid groups (broad SMARTS) is 1. The minimum absolute atomic E-state index is 0.0195. The van der Waals surface area contributed by atoms with Gasteiger partial charge < -0.3 is 10.0 Å². The molecule has 0 unspecified atom stereocenters. The summed E-state index contributed by atoms with van der Waals surface area (Å²) in [7, 11) is -2.18. The molecule has 0 bridgehead atoms. The summed E-state index contributed by atoms with van der Waals surface area (Å²) in [6, 6.07) is 0. The highest BCUT2D eigenvalue weighted by molar-refractivity contribution is 7.87. The highest BCUT2D eigenvalue weighted by atomic mass is 32.2. The second-order valence-corrected chi connectivity index (χ2v) is 6.28. The van der Waals surface area contributed by atoms with Gasteiger partial charge >= 0.3 is 5.97 Å². The van der Waals surface area contributed by atoms with Gasteiger partial charge in [-0.15, -0.1) is 0 Å². The van der Waals surface area contributed by atoms with Gasteiger partial charge in [-0.3, -0.25) is 4.79 Å². The van der Waals surface area contributed by atoms with Gasteiger partial charge in [0.2, 0.25) is 0 Å². The summed E-state index contributed by atoms with van der Waals surface area (Å²) in [5, 5.41) is 8.50. The fraction of sp³-hybridized carbons (Fsp3) is 0.900. The van der Waals surface area contributed by atoms with Crippen LogP contribution in [-0.4, -0.2) is 68.5 Å². The largest absolute Gasteiger partial charge is 0.481 e. The first-order valence-corrected chi connectivity index (χ1v) is 7.51. The van der Waals surface area contributed by atoms with E-state index in [-0.39, 0.29) is 13.0 Å². The van der Waals surface area contributed by atoms with Gasteiger partial charge in [0.1, 0.15) is 0 Å². The molecule has 2 N–H and O–H groups in total. The van der Waals surface area contributed by atoms with Crippen molar-refractivity contribution in [2.24, 2.45) is 0 Å². The molecule has 0 radical (unpaired) electrons. The molecular formula is C10H21N3O4S. The van der Waals surface area contributed by atoms with Gasteiger partial charge in [-0.2, -0.15) is 12.7 Å². The van der Waals surface area contributed by atoms with Crippen molar-refractivity contribution < 1.29 is 18.3 Å². The summed E-state index contributed by atoms with van der Waals surface area (Å²) in [6.07, 6.45) is 2.15. The zero-order chi connectivity index (χ0) is 13.6. The van der Waals surface area contributed by atoms with E-state index in [9.17, 15) is 13.2 Å². The van der Waals surface area contributed by atoms with E-state index in [1.54, 1.807) is 0 Å². The maximum absolute atomic E-state index is 11.7. The molecule has 1 rings (SSSR count). The second kappa shape index (κ2) is 7.03. The first-order chi connectivity index (χ1) is 8.42. The predicted molar refractivity (Wildman–Crippen MR) is 67.5 cm³/mol. The molecule has 0 atom stereocenters. The average molecular weight is 279 g/mol. The van der Waals surface area contributed by atoms with Crippen LogP contribution in [0.1, 0.15) is 19.3 Å². The van der Waals surface area contributed by atoms with Crippen LogP contribution < -0.4 is 4.72 Å². The lowest BCUT2D eigenvalue weighted by molar-refractivity contribution is -0.137. The summed E-state index contributed by atoms with van der Waals surface area (Å²) in [5.41, 5.74) is 0. The minimum atomic E-state index is -3.55. The third-order valence-electron chi connectivity index (χ3n) is 2.96. The Balaban J connectivity index is 2.27. The lowest BCUT2D eigenvalue weighted by Gasteiger charge is -2.19. The van der Waals surface area contributed by atoms with Gasteiger partial charge in [-0.25, -0.2) is 4.72 Å². The number of carboxylic acids is 1. The van der Waals surface area contributed by atoms with Crippen molar-refractivity contribution in [3.05, 3.63) is 0 Å². The van der Waals surface area contributed by atoms with Crippen LogP contribution in [0.15, 0.2) is 0 Å². The molecule has 0 aromatic heterocycles. The summed E-state index contributed by atoms with van der Waals surface area (Å²) in [4.78, 5) is 12.6. The van der Waals surface area contributed by atoms with Crippen LogP contribution in [0, 0.1) is 0 Å². The minimum Gasteiger partial charge on any atom is -0.481 e. The zero-order valence-electron chi connectivity index (χ0n) is 10.6. The molecular weight excluding hydrogens is 258 g/mol. The molecule has 0 spiro atoms. The number of likely N-dealkylation sites (tertiary alicyclic amines) is 1. The SMILES string of the molecule is CN(CCC(=O)O)S(=O)(=O)NCCN1CCCC1. The topological polar surface area (TPSA) is 90.0 Å². The zero-order valence-corrected chi connectivity index (χ0v) is 11.4. The molecule has 1 aliphatic rings. The van der Waals surface area contributed by atoms with Crippen LogP contribution in [0.4, 0.5) is 0 Å². The quantitative estimate of drug-likeness (QED) is 0.614. The van der Waals surface area contributed by atoms with E-state index in [0.29, 0.717) is 13.1 Å². The third kappa shape index (κ3) is 5.30. The number of rotatable bonds is 8. The second-order valence-electron chi connectivity index (χ2n) is 4.41. The van der Waals surface area contributed by atoms with Gasteiger partial charge in [0.15, 0.2) is 0 Å². The van der Waals surface area contributed by atoms with Crippen molar-refractivity contribution in [2.45, 2.75) is 19.3 Å². The fourth-order valence-corrected chi connectivity index (χ4v) is 2.72. The lowest BCUT2D eigenvalue weighted by Crippen LogP contribution is -2.42. The van der Waals surface area contributed by atoms with E-state index in [2.05, 4.69) is 9.62 Å². The van der Waals surface area contributed by atoms with Crippen molar-refractivity contribution in [3.63, 3.8) is 0 Å². The van der Waals surface area contributed by atoms with Gasteiger partial charge in [-0.1, -0.05) is 0 Å². The van der Waals surface area contributed by atoms with Crippen LogP contribution in [0.3, 0.4) is 0 Å². The van der Waals surface area contributed by atoms with Gasteiger partial charge in [0, 0.05) is 26.7 Å². The van der Waals surface area contributed by atoms with Crippen molar-refractivity contribution in [1.82, 2.24) is 13.9 Å². The van der Waals surface area contributed by atoms with Crippen molar-refractivity contribution in [3.8, 4) is 0 Å². The number of nitrogens with zero attached hydrogens (tertiary/aromatic N) is 2. The summed E-state index contributed by atoms with van der Waals surface area (Å²) < 4.78 is 26.9. The number of carbonyl (C=O) groups is 1. The van der Waals surface area contributed by atoms with E-state index >= 15 is 0 Å². The van der Waals surface area contributed by atoms with E-state index in [1.807, 2.05) is 0 Å².